The average Bonchev–Trinajstić information content (AvgIpc) is 2.93. The predicted molar refractivity (Wildman–Crippen MR) is 80.7 cm³/mol. The zero-order valence-electron chi connectivity index (χ0n) is 13.0. The molecule has 1 saturated heterocycles. The fourth-order valence-corrected chi connectivity index (χ4v) is 2.70. The van der Waals surface area contributed by atoms with Crippen molar-refractivity contribution in [3.8, 4) is 0 Å². The second kappa shape index (κ2) is 11.3. The second-order valence-electron chi connectivity index (χ2n) is 5.47. The normalized spacial score (nSPS) is 32.0. The highest BCUT2D eigenvalue weighted by atomic mass is 16.5. The number of rotatable bonds is 0. The summed E-state index contributed by atoms with van der Waals surface area (Å²) in [6.45, 7) is 7.68. The summed E-state index contributed by atoms with van der Waals surface area (Å²) in [6, 6.07) is 0. The van der Waals surface area contributed by atoms with Gasteiger partial charge in [0.05, 0.1) is 51.8 Å². The van der Waals surface area contributed by atoms with Crippen LogP contribution >= 0.6 is 0 Å². The van der Waals surface area contributed by atoms with Crippen LogP contribution in [0.25, 0.3) is 0 Å². The van der Waals surface area contributed by atoms with Gasteiger partial charge in [0.25, 0.3) is 0 Å². The topological polar surface area (TPSA) is 61.0 Å². The summed E-state index contributed by atoms with van der Waals surface area (Å²) in [7, 11) is 0. The van der Waals surface area contributed by atoms with E-state index in [1.165, 1.54) is 6.42 Å². The van der Waals surface area contributed by atoms with E-state index in [9.17, 15) is 0 Å². The van der Waals surface area contributed by atoms with E-state index < -0.39 is 0 Å². The summed E-state index contributed by atoms with van der Waals surface area (Å²) in [5, 5.41) is 6.66. The minimum Gasteiger partial charge on any atom is -0.378 e. The Hall–Kier alpha value is -0.240. The number of ether oxygens (including phenoxy) is 4. The quantitative estimate of drug-likeness (QED) is 0.665. The molecule has 2 unspecified atom stereocenters. The first-order valence-corrected chi connectivity index (χ1v) is 8.27. The van der Waals surface area contributed by atoms with Crippen LogP contribution < -0.4 is 10.6 Å². The van der Waals surface area contributed by atoms with Gasteiger partial charge in [-0.1, -0.05) is 0 Å². The number of fused-ring (bicyclic) bond motifs is 1. The molecule has 0 bridgehead atoms. The molecule has 0 aromatic rings. The molecule has 6 nitrogen and oxygen atoms in total. The van der Waals surface area contributed by atoms with Crippen LogP contribution in [0.5, 0.6) is 0 Å². The molecular weight excluding hydrogens is 272 g/mol. The van der Waals surface area contributed by atoms with Gasteiger partial charge in [-0.05, 0) is 19.3 Å². The average molecular weight is 302 g/mol. The summed E-state index contributed by atoms with van der Waals surface area (Å²) >= 11 is 0. The number of hydrogen-bond donors (Lipinski definition) is 2. The lowest BCUT2D eigenvalue weighted by atomic mass is 10.2. The molecule has 0 amide bonds. The van der Waals surface area contributed by atoms with Crippen molar-refractivity contribution in [3.63, 3.8) is 0 Å². The first-order valence-electron chi connectivity index (χ1n) is 8.27. The summed E-state index contributed by atoms with van der Waals surface area (Å²) in [5.74, 6) is 0. The van der Waals surface area contributed by atoms with E-state index in [0.29, 0.717) is 13.2 Å². The summed E-state index contributed by atoms with van der Waals surface area (Å²) in [5.41, 5.74) is 0. The van der Waals surface area contributed by atoms with E-state index in [1.807, 2.05) is 0 Å². The van der Waals surface area contributed by atoms with Crippen LogP contribution in [-0.2, 0) is 18.9 Å². The maximum atomic E-state index is 5.94. The zero-order valence-corrected chi connectivity index (χ0v) is 13.0. The molecule has 1 aliphatic carbocycles. The molecule has 124 valence electrons. The molecule has 1 heterocycles. The lowest BCUT2D eigenvalue weighted by molar-refractivity contribution is -0.0546. The second-order valence-corrected chi connectivity index (χ2v) is 5.47. The maximum Gasteiger partial charge on any atom is 0.0837 e. The first-order chi connectivity index (χ1) is 10.5. The summed E-state index contributed by atoms with van der Waals surface area (Å²) in [6.07, 6.45) is 3.98. The van der Waals surface area contributed by atoms with Crippen LogP contribution in [0, 0.1) is 0 Å². The van der Waals surface area contributed by atoms with Crippen molar-refractivity contribution in [1.29, 1.82) is 0 Å². The fraction of sp³-hybridized carbons (Fsp3) is 1.00. The summed E-state index contributed by atoms with van der Waals surface area (Å²) in [4.78, 5) is 0. The Morgan fingerprint density at radius 1 is 0.571 bits per heavy atom. The molecule has 0 aromatic carbocycles. The van der Waals surface area contributed by atoms with Gasteiger partial charge in [0.15, 0.2) is 0 Å². The fourth-order valence-electron chi connectivity index (χ4n) is 2.70. The standard InChI is InChI=1S/C15H30N2O4/c1-2-14-15(3-1)21-11-7-17-5-9-19-13-12-18-8-4-16-6-10-20-14/h14-17H,1-13H2. The van der Waals surface area contributed by atoms with Crippen molar-refractivity contribution < 1.29 is 18.9 Å². The lowest BCUT2D eigenvalue weighted by Crippen LogP contribution is -2.33. The zero-order chi connectivity index (χ0) is 14.6. The molecular formula is C15H30N2O4. The Morgan fingerprint density at radius 3 is 1.57 bits per heavy atom. The molecule has 2 N–H and O–H groups in total. The number of hydrogen-bond acceptors (Lipinski definition) is 6. The van der Waals surface area contributed by atoms with Crippen LogP contribution in [-0.4, -0.2) is 78.0 Å². The Labute approximate surface area is 127 Å². The van der Waals surface area contributed by atoms with Gasteiger partial charge >= 0.3 is 0 Å². The van der Waals surface area contributed by atoms with Crippen LogP contribution in [0.15, 0.2) is 0 Å². The van der Waals surface area contributed by atoms with Gasteiger partial charge in [-0.3, -0.25) is 0 Å². The van der Waals surface area contributed by atoms with Crippen molar-refractivity contribution in [1.82, 2.24) is 10.6 Å². The van der Waals surface area contributed by atoms with Gasteiger partial charge in [0.2, 0.25) is 0 Å². The molecule has 2 aliphatic rings. The third kappa shape index (κ3) is 7.54. The Kier molecular flexibility index (Phi) is 9.25. The molecule has 6 heteroatoms. The van der Waals surface area contributed by atoms with Crippen LogP contribution in [0.3, 0.4) is 0 Å². The van der Waals surface area contributed by atoms with Crippen LogP contribution in [0.4, 0.5) is 0 Å². The van der Waals surface area contributed by atoms with Crippen LogP contribution in [0.2, 0.25) is 0 Å². The summed E-state index contributed by atoms with van der Waals surface area (Å²) < 4.78 is 22.8. The molecule has 2 fully saturated rings. The lowest BCUT2D eigenvalue weighted by Gasteiger charge is -2.21. The van der Waals surface area contributed by atoms with Gasteiger partial charge in [-0.15, -0.1) is 0 Å². The van der Waals surface area contributed by atoms with Gasteiger partial charge in [-0.2, -0.15) is 0 Å². The monoisotopic (exact) mass is 302 g/mol. The maximum absolute atomic E-state index is 5.94. The minimum absolute atomic E-state index is 0.269. The van der Waals surface area contributed by atoms with Crippen molar-refractivity contribution in [2.75, 3.05) is 65.8 Å². The van der Waals surface area contributed by atoms with Crippen LogP contribution in [0.1, 0.15) is 19.3 Å². The molecule has 0 aromatic heterocycles. The smallest absolute Gasteiger partial charge is 0.0837 e. The third-order valence-corrected chi connectivity index (χ3v) is 3.83. The van der Waals surface area contributed by atoms with Gasteiger partial charge < -0.3 is 29.6 Å². The minimum atomic E-state index is 0.269. The van der Waals surface area contributed by atoms with Crippen molar-refractivity contribution in [2.45, 2.75) is 31.5 Å². The molecule has 0 radical (unpaired) electrons. The molecule has 0 spiro atoms. The predicted octanol–water partition coefficient (Wildman–Crippen LogP) is 0.167. The van der Waals surface area contributed by atoms with E-state index in [1.54, 1.807) is 0 Å². The highest BCUT2D eigenvalue weighted by Crippen LogP contribution is 2.24. The number of nitrogens with one attached hydrogen (secondary N) is 2. The van der Waals surface area contributed by atoms with Gasteiger partial charge in [-0.25, -0.2) is 0 Å². The highest BCUT2D eigenvalue weighted by Gasteiger charge is 2.28. The molecule has 1 aliphatic heterocycles. The highest BCUT2D eigenvalue weighted by molar-refractivity contribution is 4.79. The molecule has 2 rings (SSSR count). The molecule has 2 atom stereocenters. The first kappa shape index (κ1) is 17.1. The van der Waals surface area contributed by atoms with Gasteiger partial charge in [0, 0.05) is 26.2 Å². The van der Waals surface area contributed by atoms with E-state index in [4.69, 9.17) is 18.9 Å². The SMILES string of the molecule is C1CC2OCCNCCOCCOCCNCCOC2C1. The molecule has 21 heavy (non-hydrogen) atoms. The Morgan fingerprint density at radius 2 is 1.05 bits per heavy atom. The van der Waals surface area contributed by atoms with E-state index in [2.05, 4.69) is 10.6 Å². The third-order valence-electron chi connectivity index (χ3n) is 3.83. The van der Waals surface area contributed by atoms with Crippen molar-refractivity contribution >= 4 is 0 Å². The Balaban J connectivity index is 1.65. The van der Waals surface area contributed by atoms with Gasteiger partial charge in [0.1, 0.15) is 0 Å². The Bertz CT molecular complexity index is 232. The van der Waals surface area contributed by atoms with E-state index in [-0.39, 0.29) is 12.2 Å². The van der Waals surface area contributed by atoms with E-state index >= 15 is 0 Å². The van der Waals surface area contributed by atoms with Crippen molar-refractivity contribution in [3.05, 3.63) is 0 Å². The van der Waals surface area contributed by atoms with Crippen molar-refractivity contribution in [2.24, 2.45) is 0 Å². The van der Waals surface area contributed by atoms with E-state index in [0.717, 1.165) is 65.4 Å². The largest absolute Gasteiger partial charge is 0.378 e. The molecule has 1 saturated carbocycles.